The molecule has 2 nitrogen and oxygen atoms in total. The van der Waals surface area contributed by atoms with Gasteiger partial charge in [-0.1, -0.05) is 22.0 Å². The van der Waals surface area contributed by atoms with E-state index in [1.807, 2.05) is 0 Å². The van der Waals surface area contributed by atoms with Crippen molar-refractivity contribution in [2.24, 2.45) is 0 Å². The van der Waals surface area contributed by atoms with E-state index in [1.165, 1.54) is 41.3 Å². The minimum atomic E-state index is 0.503. The largest absolute Gasteiger partial charge is 0.378 e. The molecule has 1 fully saturated rings. The first-order valence-electron chi connectivity index (χ1n) is 6.96. The van der Waals surface area contributed by atoms with Gasteiger partial charge in [0, 0.05) is 17.1 Å². The molecule has 2 unspecified atom stereocenters. The topological polar surface area (TPSA) is 21.3 Å². The van der Waals surface area contributed by atoms with Crippen LogP contribution in [-0.4, -0.2) is 19.3 Å². The number of benzene rings is 1. The fourth-order valence-electron chi connectivity index (χ4n) is 3.09. The van der Waals surface area contributed by atoms with E-state index in [0.29, 0.717) is 12.1 Å². The quantitative estimate of drug-likeness (QED) is 0.917. The number of nitrogens with one attached hydrogen (secondary N) is 1. The Labute approximate surface area is 117 Å². The average molecular weight is 310 g/mol. The van der Waals surface area contributed by atoms with Gasteiger partial charge in [0.05, 0.1) is 6.10 Å². The first-order chi connectivity index (χ1) is 8.83. The van der Waals surface area contributed by atoms with Gasteiger partial charge in [-0.2, -0.15) is 0 Å². The Balaban J connectivity index is 1.53. The van der Waals surface area contributed by atoms with Crippen molar-refractivity contribution >= 4 is 15.9 Å². The molecule has 98 valence electrons. The van der Waals surface area contributed by atoms with E-state index >= 15 is 0 Å². The van der Waals surface area contributed by atoms with Crippen molar-refractivity contribution in [2.45, 2.75) is 44.2 Å². The van der Waals surface area contributed by atoms with E-state index in [1.54, 1.807) is 0 Å². The van der Waals surface area contributed by atoms with E-state index in [2.05, 4.69) is 39.4 Å². The van der Waals surface area contributed by atoms with Gasteiger partial charge in [0.25, 0.3) is 0 Å². The van der Waals surface area contributed by atoms with Crippen LogP contribution >= 0.6 is 15.9 Å². The van der Waals surface area contributed by atoms with Gasteiger partial charge in [-0.05, 0) is 61.9 Å². The number of halogens is 1. The summed E-state index contributed by atoms with van der Waals surface area (Å²) in [5.41, 5.74) is 2.99. The lowest BCUT2D eigenvalue weighted by atomic mass is 10.1. The van der Waals surface area contributed by atoms with E-state index in [9.17, 15) is 0 Å². The minimum absolute atomic E-state index is 0.503. The highest BCUT2D eigenvalue weighted by atomic mass is 79.9. The zero-order valence-corrected chi connectivity index (χ0v) is 12.2. The second kappa shape index (κ2) is 5.72. The highest BCUT2D eigenvalue weighted by Gasteiger charge is 2.22. The smallest absolute Gasteiger partial charge is 0.0588 e. The molecule has 1 heterocycles. The molecule has 0 bridgehead atoms. The van der Waals surface area contributed by atoms with E-state index in [4.69, 9.17) is 4.74 Å². The third-order valence-electron chi connectivity index (χ3n) is 4.06. The van der Waals surface area contributed by atoms with Gasteiger partial charge >= 0.3 is 0 Å². The van der Waals surface area contributed by atoms with Crippen molar-refractivity contribution < 1.29 is 4.74 Å². The maximum atomic E-state index is 5.66. The zero-order valence-electron chi connectivity index (χ0n) is 10.6. The highest BCUT2D eigenvalue weighted by Crippen LogP contribution is 2.32. The number of aryl methyl sites for hydroxylation is 1. The summed E-state index contributed by atoms with van der Waals surface area (Å²) in [5, 5.41) is 3.69. The van der Waals surface area contributed by atoms with Crippen molar-refractivity contribution in [2.75, 3.05) is 13.2 Å². The molecule has 1 aromatic rings. The van der Waals surface area contributed by atoms with Crippen LogP contribution in [0.15, 0.2) is 22.7 Å². The third-order valence-corrected chi connectivity index (χ3v) is 4.56. The van der Waals surface area contributed by atoms with Gasteiger partial charge in [-0.15, -0.1) is 0 Å². The number of hydrogen-bond acceptors (Lipinski definition) is 2. The average Bonchev–Trinajstić information content (AvgIpc) is 2.99. The van der Waals surface area contributed by atoms with Crippen molar-refractivity contribution in [1.82, 2.24) is 5.32 Å². The lowest BCUT2D eigenvalue weighted by molar-refractivity contribution is 0.103. The molecule has 2 aliphatic rings. The fourth-order valence-corrected chi connectivity index (χ4v) is 3.50. The molecule has 0 aromatic heterocycles. The molecule has 1 aromatic carbocycles. The normalized spacial score (nSPS) is 26.5. The summed E-state index contributed by atoms with van der Waals surface area (Å²) in [7, 11) is 0. The molecule has 1 aliphatic carbocycles. The summed E-state index contributed by atoms with van der Waals surface area (Å²) in [6.07, 6.45) is 6.58. The predicted molar refractivity (Wildman–Crippen MR) is 76.8 cm³/mol. The second-order valence-electron chi connectivity index (χ2n) is 5.31. The molecule has 3 rings (SSSR count). The summed E-state index contributed by atoms with van der Waals surface area (Å²) in [6.45, 7) is 2.04. The van der Waals surface area contributed by atoms with Crippen molar-refractivity contribution in [1.29, 1.82) is 0 Å². The molecule has 1 N–H and O–H groups in total. The number of rotatable bonds is 4. The standard InChI is InChI=1S/C15H20BrNO/c16-12-4-5-14-11(10-12)3-6-15(14)17-8-7-13-2-1-9-18-13/h4-5,10,13,15,17H,1-3,6-9H2. The van der Waals surface area contributed by atoms with Crippen LogP contribution in [0.1, 0.15) is 42.9 Å². The van der Waals surface area contributed by atoms with Crippen LogP contribution in [-0.2, 0) is 11.2 Å². The Hall–Kier alpha value is -0.380. The molecule has 0 spiro atoms. The molecular weight excluding hydrogens is 290 g/mol. The maximum Gasteiger partial charge on any atom is 0.0588 e. The first-order valence-corrected chi connectivity index (χ1v) is 7.75. The molecule has 0 amide bonds. The SMILES string of the molecule is Brc1ccc2c(c1)CCC2NCCC1CCCO1. The Morgan fingerprint density at radius 3 is 3.11 bits per heavy atom. The summed E-state index contributed by atoms with van der Waals surface area (Å²) < 4.78 is 6.85. The lowest BCUT2D eigenvalue weighted by Crippen LogP contribution is -2.23. The highest BCUT2D eigenvalue weighted by molar-refractivity contribution is 9.10. The van der Waals surface area contributed by atoms with Gasteiger partial charge in [0.15, 0.2) is 0 Å². The lowest BCUT2D eigenvalue weighted by Gasteiger charge is -2.16. The molecule has 18 heavy (non-hydrogen) atoms. The second-order valence-corrected chi connectivity index (χ2v) is 6.23. The van der Waals surface area contributed by atoms with Gasteiger partial charge in [0.1, 0.15) is 0 Å². The van der Waals surface area contributed by atoms with Crippen LogP contribution in [0.2, 0.25) is 0 Å². The first kappa shape index (κ1) is 12.6. The van der Waals surface area contributed by atoms with Crippen LogP contribution in [0.25, 0.3) is 0 Å². The van der Waals surface area contributed by atoms with Crippen LogP contribution < -0.4 is 5.32 Å². The summed E-state index contributed by atoms with van der Waals surface area (Å²) in [6, 6.07) is 7.22. The van der Waals surface area contributed by atoms with Gasteiger partial charge in [0.2, 0.25) is 0 Å². The minimum Gasteiger partial charge on any atom is -0.378 e. The number of ether oxygens (including phenoxy) is 1. The van der Waals surface area contributed by atoms with Crippen molar-refractivity contribution in [3.63, 3.8) is 0 Å². The Bertz CT molecular complexity index is 415. The molecular formula is C15H20BrNO. The molecule has 0 radical (unpaired) electrons. The van der Waals surface area contributed by atoms with Gasteiger partial charge < -0.3 is 10.1 Å². The van der Waals surface area contributed by atoms with Crippen LogP contribution in [0.3, 0.4) is 0 Å². The van der Waals surface area contributed by atoms with Crippen LogP contribution in [0.4, 0.5) is 0 Å². The van der Waals surface area contributed by atoms with E-state index in [-0.39, 0.29) is 0 Å². The molecule has 3 heteroatoms. The molecule has 0 saturated carbocycles. The summed E-state index contributed by atoms with van der Waals surface area (Å²) in [4.78, 5) is 0. The van der Waals surface area contributed by atoms with E-state index in [0.717, 1.165) is 19.6 Å². The Kier molecular flexibility index (Phi) is 4.02. The number of hydrogen-bond donors (Lipinski definition) is 1. The van der Waals surface area contributed by atoms with Crippen LogP contribution in [0, 0.1) is 0 Å². The monoisotopic (exact) mass is 309 g/mol. The van der Waals surface area contributed by atoms with Crippen molar-refractivity contribution in [3.8, 4) is 0 Å². The van der Waals surface area contributed by atoms with Gasteiger partial charge in [-0.25, -0.2) is 0 Å². The molecule has 2 atom stereocenters. The Morgan fingerprint density at radius 1 is 1.33 bits per heavy atom. The summed E-state index contributed by atoms with van der Waals surface area (Å²) in [5.74, 6) is 0. The van der Waals surface area contributed by atoms with Crippen molar-refractivity contribution in [3.05, 3.63) is 33.8 Å². The molecule has 1 aliphatic heterocycles. The maximum absolute atomic E-state index is 5.66. The predicted octanol–water partition coefficient (Wildman–Crippen LogP) is 3.60. The molecule has 1 saturated heterocycles. The van der Waals surface area contributed by atoms with Crippen LogP contribution in [0.5, 0.6) is 0 Å². The Morgan fingerprint density at radius 2 is 2.28 bits per heavy atom. The summed E-state index contributed by atoms with van der Waals surface area (Å²) >= 11 is 3.55. The van der Waals surface area contributed by atoms with E-state index < -0.39 is 0 Å². The zero-order chi connectivity index (χ0) is 12.4. The van der Waals surface area contributed by atoms with Gasteiger partial charge in [-0.3, -0.25) is 0 Å². The number of fused-ring (bicyclic) bond motifs is 1. The fraction of sp³-hybridized carbons (Fsp3) is 0.600. The third kappa shape index (κ3) is 2.79.